The molecule has 0 saturated heterocycles. The Labute approximate surface area is 79.7 Å². The van der Waals surface area contributed by atoms with Gasteiger partial charge in [-0.25, -0.2) is 0 Å². The van der Waals surface area contributed by atoms with E-state index < -0.39 is 0 Å². The summed E-state index contributed by atoms with van der Waals surface area (Å²) < 4.78 is 0. The van der Waals surface area contributed by atoms with Gasteiger partial charge >= 0.3 is 0 Å². The van der Waals surface area contributed by atoms with Crippen molar-refractivity contribution in [3.05, 3.63) is 30.2 Å². The van der Waals surface area contributed by atoms with E-state index in [1.807, 2.05) is 6.07 Å². The van der Waals surface area contributed by atoms with Gasteiger partial charge in [0.2, 0.25) is 0 Å². The number of aromatic amines is 1. The zero-order valence-corrected chi connectivity index (χ0v) is 7.51. The predicted molar refractivity (Wildman–Crippen MR) is 51.1 cm³/mol. The average molecular weight is 195 g/mol. The fourth-order valence-electron chi connectivity index (χ4n) is 1.27. The van der Waals surface area contributed by atoms with Crippen molar-refractivity contribution >= 4 is 28.3 Å². The molecule has 0 unspecified atom stereocenters. The molecule has 0 radical (unpaired) electrons. The number of hydrogen-bond acceptors (Lipinski definition) is 2. The minimum absolute atomic E-state index is 0.00183. The van der Waals surface area contributed by atoms with Crippen LogP contribution in [0.2, 0.25) is 0 Å². The largest absolute Gasteiger partial charge is 0.360 e. The molecule has 2 rings (SSSR count). The fraction of sp³-hybridized carbons (Fsp3) is 0.111. The van der Waals surface area contributed by atoms with Gasteiger partial charge < -0.3 is 4.98 Å². The first-order chi connectivity index (χ1) is 6.33. The third-order valence-corrected chi connectivity index (χ3v) is 2.15. The summed E-state index contributed by atoms with van der Waals surface area (Å²) in [7, 11) is 0. The summed E-state index contributed by atoms with van der Waals surface area (Å²) in [6.45, 7) is 0. The van der Waals surface area contributed by atoms with Crippen molar-refractivity contribution in [2.45, 2.75) is 0 Å². The van der Waals surface area contributed by atoms with Gasteiger partial charge in [-0.1, -0.05) is 0 Å². The molecule has 0 amide bonds. The first kappa shape index (κ1) is 8.26. The number of carbonyl (C=O) groups excluding carboxylic acids is 1. The lowest BCUT2D eigenvalue weighted by Crippen LogP contribution is -1.98. The zero-order chi connectivity index (χ0) is 9.26. The van der Waals surface area contributed by atoms with E-state index in [4.69, 9.17) is 11.6 Å². The quantitative estimate of drug-likeness (QED) is 0.587. The molecule has 0 atom stereocenters. The Bertz CT molecular complexity index is 450. The van der Waals surface area contributed by atoms with E-state index in [2.05, 4.69) is 9.97 Å². The molecule has 13 heavy (non-hydrogen) atoms. The van der Waals surface area contributed by atoms with Crippen molar-refractivity contribution in [2.24, 2.45) is 0 Å². The number of hydrogen-bond donors (Lipinski definition) is 1. The van der Waals surface area contributed by atoms with Crippen LogP contribution >= 0.6 is 11.6 Å². The highest BCUT2D eigenvalue weighted by atomic mass is 35.5. The molecule has 0 spiro atoms. The number of nitrogens with zero attached hydrogens (tertiary/aromatic N) is 1. The van der Waals surface area contributed by atoms with Gasteiger partial charge in [0.25, 0.3) is 0 Å². The third kappa shape index (κ3) is 1.31. The molecular formula is C9H7ClN2O. The van der Waals surface area contributed by atoms with Crippen LogP contribution in [0.1, 0.15) is 10.4 Å². The number of nitrogens with one attached hydrogen (secondary N) is 1. The topological polar surface area (TPSA) is 45.8 Å². The van der Waals surface area contributed by atoms with Crippen LogP contribution in [0.3, 0.4) is 0 Å². The van der Waals surface area contributed by atoms with Gasteiger partial charge in [0.05, 0.1) is 5.88 Å². The maximum absolute atomic E-state index is 11.3. The number of rotatable bonds is 2. The molecule has 0 saturated carbocycles. The van der Waals surface area contributed by atoms with E-state index in [9.17, 15) is 4.79 Å². The van der Waals surface area contributed by atoms with Crippen molar-refractivity contribution in [1.82, 2.24) is 9.97 Å². The Balaban J connectivity index is 2.64. The number of carbonyl (C=O) groups is 1. The van der Waals surface area contributed by atoms with E-state index >= 15 is 0 Å². The van der Waals surface area contributed by atoms with E-state index in [-0.39, 0.29) is 11.7 Å². The van der Waals surface area contributed by atoms with Gasteiger partial charge in [0, 0.05) is 35.1 Å². The predicted octanol–water partition coefficient (Wildman–Crippen LogP) is 1.98. The standard InChI is InChI=1S/C9H7ClN2O/c10-3-9(13)7-5-12-8-1-2-11-4-6(7)8/h1-2,4-5,12H,3H2. The van der Waals surface area contributed by atoms with Crippen LogP contribution in [0.4, 0.5) is 0 Å². The maximum Gasteiger partial charge on any atom is 0.179 e. The number of pyridine rings is 1. The SMILES string of the molecule is O=C(CCl)c1c[nH]c2ccncc12. The molecule has 0 aromatic carbocycles. The summed E-state index contributed by atoms with van der Waals surface area (Å²) in [4.78, 5) is 18.2. The number of alkyl halides is 1. The maximum atomic E-state index is 11.3. The molecule has 2 aromatic rings. The Morgan fingerprint density at radius 1 is 1.62 bits per heavy atom. The molecule has 2 aromatic heterocycles. The summed E-state index contributed by atoms with van der Waals surface area (Å²) in [6.07, 6.45) is 5.00. The number of H-pyrrole nitrogens is 1. The molecule has 0 bridgehead atoms. The van der Waals surface area contributed by atoms with E-state index in [1.165, 1.54) is 0 Å². The van der Waals surface area contributed by atoms with Crippen LogP contribution in [0.25, 0.3) is 10.9 Å². The number of aromatic nitrogens is 2. The number of Topliss-reactive ketones (excluding diaryl/α,β-unsaturated/α-hetero) is 1. The number of ketones is 1. The highest BCUT2D eigenvalue weighted by Crippen LogP contribution is 2.16. The molecule has 3 nitrogen and oxygen atoms in total. The number of fused-ring (bicyclic) bond motifs is 1. The Morgan fingerprint density at radius 3 is 3.23 bits per heavy atom. The van der Waals surface area contributed by atoms with Gasteiger partial charge in [0.15, 0.2) is 5.78 Å². The Hall–Kier alpha value is -1.35. The van der Waals surface area contributed by atoms with Crippen LogP contribution in [0, 0.1) is 0 Å². The van der Waals surface area contributed by atoms with Crippen molar-refractivity contribution in [1.29, 1.82) is 0 Å². The van der Waals surface area contributed by atoms with E-state index in [1.54, 1.807) is 18.6 Å². The normalized spacial score (nSPS) is 10.5. The lowest BCUT2D eigenvalue weighted by molar-refractivity contribution is 0.102. The minimum atomic E-state index is -0.0825. The highest BCUT2D eigenvalue weighted by molar-refractivity contribution is 6.31. The molecule has 0 fully saturated rings. The smallest absolute Gasteiger partial charge is 0.179 e. The molecule has 0 aliphatic carbocycles. The molecule has 2 heterocycles. The zero-order valence-electron chi connectivity index (χ0n) is 6.75. The minimum Gasteiger partial charge on any atom is -0.360 e. The van der Waals surface area contributed by atoms with Gasteiger partial charge in [0.1, 0.15) is 0 Å². The van der Waals surface area contributed by atoms with Crippen molar-refractivity contribution in [3.63, 3.8) is 0 Å². The summed E-state index contributed by atoms with van der Waals surface area (Å²) >= 11 is 5.46. The Kier molecular flexibility index (Phi) is 2.02. The molecule has 4 heteroatoms. The molecule has 0 aliphatic rings. The summed E-state index contributed by atoms with van der Waals surface area (Å²) in [6, 6.07) is 1.82. The molecule has 0 aliphatic heterocycles. The van der Waals surface area contributed by atoms with Gasteiger partial charge in [-0.05, 0) is 6.07 Å². The lowest BCUT2D eigenvalue weighted by Gasteiger charge is -1.92. The average Bonchev–Trinajstić information content (AvgIpc) is 2.60. The summed E-state index contributed by atoms with van der Waals surface area (Å²) in [5.74, 6) is -0.0807. The van der Waals surface area contributed by atoms with Gasteiger partial charge in [-0.2, -0.15) is 0 Å². The van der Waals surface area contributed by atoms with Crippen LogP contribution in [0.15, 0.2) is 24.7 Å². The third-order valence-electron chi connectivity index (χ3n) is 1.91. The van der Waals surface area contributed by atoms with E-state index in [0.717, 1.165) is 10.9 Å². The van der Waals surface area contributed by atoms with Gasteiger partial charge in [-0.3, -0.25) is 9.78 Å². The highest BCUT2D eigenvalue weighted by Gasteiger charge is 2.09. The monoisotopic (exact) mass is 194 g/mol. The first-order valence-electron chi connectivity index (χ1n) is 3.83. The second-order valence-corrected chi connectivity index (χ2v) is 2.95. The van der Waals surface area contributed by atoms with Crippen LogP contribution in [-0.4, -0.2) is 21.6 Å². The lowest BCUT2D eigenvalue weighted by atomic mass is 10.1. The molecule has 66 valence electrons. The second kappa shape index (κ2) is 3.18. The summed E-state index contributed by atoms with van der Waals surface area (Å²) in [5, 5.41) is 0.827. The van der Waals surface area contributed by atoms with Crippen molar-refractivity contribution in [2.75, 3.05) is 5.88 Å². The van der Waals surface area contributed by atoms with Gasteiger partial charge in [-0.15, -0.1) is 11.6 Å². The van der Waals surface area contributed by atoms with Crippen LogP contribution in [0.5, 0.6) is 0 Å². The Morgan fingerprint density at radius 2 is 2.46 bits per heavy atom. The second-order valence-electron chi connectivity index (χ2n) is 2.68. The first-order valence-corrected chi connectivity index (χ1v) is 4.36. The van der Waals surface area contributed by atoms with Crippen molar-refractivity contribution in [3.8, 4) is 0 Å². The fourth-order valence-corrected chi connectivity index (χ4v) is 1.41. The molecule has 1 N–H and O–H groups in total. The van der Waals surface area contributed by atoms with Crippen molar-refractivity contribution < 1.29 is 4.79 Å². The van der Waals surface area contributed by atoms with Crippen LogP contribution in [-0.2, 0) is 0 Å². The summed E-state index contributed by atoms with van der Waals surface area (Å²) in [5.41, 5.74) is 1.52. The van der Waals surface area contributed by atoms with Crippen LogP contribution < -0.4 is 0 Å². The molecular weight excluding hydrogens is 188 g/mol. The number of halogens is 1. The van der Waals surface area contributed by atoms with E-state index in [0.29, 0.717) is 5.56 Å².